The van der Waals surface area contributed by atoms with Crippen LogP contribution in [0.2, 0.25) is 0 Å². The highest BCUT2D eigenvalue weighted by atomic mass is 32.1. The predicted molar refractivity (Wildman–Crippen MR) is 63.3 cm³/mol. The standard InChI is InChI=1S/C12H10O3S/c1-15-11-6-8(9-4-5-16-7-9)2-3-10(11)12(13)14/h2-7H,1H3,(H,13,14). The number of hydrogen-bond acceptors (Lipinski definition) is 3. The van der Waals surface area contributed by atoms with Gasteiger partial charge in [0.15, 0.2) is 0 Å². The smallest absolute Gasteiger partial charge is 0.339 e. The van der Waals surface area contributed by atoms with Crippen molar-refractivity contribution in [3.8, 4) is 16.9 Å². The van der Waals surface area contributed by atoms with Crippen molar-refractivity contribution >= 4 is 17.3 Å². The number of ether oxygens (including phenoxy) is 1. The van der Waals surface area contributed by atoms with Crippen molar-refractivity contribution in [3.63, 3.8) is 0 Å². The lowest BCUT2D eigenvalue weighted by Gasteiger charge is -2.06. The number of aromatic carboxylic acids is 1. The maximum atomic E-state index is 10.9. The molecule has 0 aliphatic carbocycles. The number of carboxylic acids is 1. The summed E-state index contributed by atoms with van der Waals surface area (Å²) in [6.07, 6.45) is 0. The molecule has 3 nitrogen and oxygen atoms in total. The first kappa shape index (κ1) is 10.7. The molecule has 0 spiro atoms. The molecule has 0 saturated carbocycles. The monoisotopic (exact) mass is 234 g/mol. The summed E-state index contributed by atoms with van der Waals surface area (Å²) in [7, 11) is 1.47. The van der Waals surface area contributed by atoms with Crippen LogP contribution >= 0.6 is 11.3 Å². The lowest BCUT2D eigenvalue weighted by molar-refractivity contribution is 0.0693. The Hall–Kier alpha value is -1.81. The zero-order chi connectivity index (χ0) is 11.5. The molecule has 2 rings (SSSR count). The fourth-order valence-corrected chi connectivity index (χ4v) is 2.14. The van der Waals surface area contributed by atoms with Gasteiger partial charge in [-0.25, -0.2) is 4.79 Å². The molecule has 4 heteroatoms. The quantitative estimate of drug-likeness (QED) is 0.887. The third-order valence-corrected chi connectivity index (χ3v) is 2.97. The third-order valence-electron chi connectivity index (χ3n) is 2.29. The number of methoxy groups -OCH3 is 1. The van der Waals surface area contributed by atoms with E-state index >= 15 is 0 Å². The van der Waals surface area contributed by atoms with Gasteiger partial charge < -0.3 is 9.84 Å². The maximum Gasteiger partial charge on any atom is 0.339 e. The summed E-state index contributed by atoms with van der Waals surface area (Å²) >= 11 is 1.60. The molecule has 2 aromatic rings. The number of thiophene rings is 1. The second kappa shape index (κ2) is 4.37. The summed E-state index contributed by atoms with van der Waals surface area (Å²) in [4.78, 5) is 10.9. The SMILES string of the molecule is COc1cc(-c2ccsc2)ccc1C(=O)O. The van der Waals surface area contributed by atoms with Crippen LogP contribution in [-0.4, -0.2) is 18.2 Å². The van der Waals surface area contributed by atoms with Crippen molar-refractivity contribution in [2.45, 2.75) is 0 Å². The summed E-state index contributed by atoms with van der Waals surface area (Å²) < 4.78 is 5.07. The van der Waals surface area contributed by atoms with E-state index in [1.54, 1.807) is 29.5 Å². The molecular formula is C12H10O3S. The molecule has 0 aliphatic rings. The molecule has 0 saturated heterocycles. The largest absolute Gasteiger partial charge is 0.496 e. The lowest BCUT2D eigenvalue weighted by atomic mass is 10.1. The average molecular weight is 234 g/mol. The fourth-order valence-electron chi connectivity index (χ4n) is 1.48. The van der Waals surface area contributed by atoms with Crippen LogP contribution in [0.25, 0.3) is 11.1 Å². The molecule has 0 amide bonds. The second-order valence-corrected chi connectivity index (χ2v) is 4.01. The summed E-state index contributed by atoms with van der Waals surface area (Å²) in [5.74, 6) is -0.593. The van der Waals surface area contributed by atoms with E-state index < -0.39 is 5.97 Å². The van der Waals surface area contributed by atoms with Crippen LogP contribution in [0.5, 0.6) is 5.75 Å². The van der Waals surface area contributed by atoms with Crippen LogP contribution in [0.3, 0.4) is 0 Å². The van der Waals surface area contributed by atoms with Gasteiger partial charge in [-0.2, -0.15) is 11.3 Å². The third kappa shape index (κ3) is 1.92. The first-order valence-electron chi connectivity index (χ1n) is 4.66. The maximum absolute atomic E-state index is 10.9. The highest BCUT2D eigenvalue weighted by Crippen LogP contribution is 2.28. The molecule has 0 bridgehead atoms. The molecule has 0 fully saturated rings. The van der Waals surface area contributed by atoms with Gasteiger partial charge in [-0.3, -0.25) is 0 Å². The average Bonchev–Trinajstić information content (AvgIpc) is 2.81. The van der Waals surface area contributed by atoms with Gasteiger partial charge in [0, 0.05) is 0 Å². The first-order chi connectivity index (χ1) is 7.72. The van der Waals surface area contributed by atoms with Gasteiger partial charge >= 0.3 is 5.97 Å². The van der Waals surface area contributed by atoms with E-state index in [1.165, 1.54) is 7.11 Å². The Balaban J connectivity index is 2.49. The molecular weight excluding hydrogens is 224 g/mol. The normalized spacial score (nSPS) is 10.1. The number of rotatable bonds is 3. The van der Waals surface area contributed by atoms with Crippen molar-refractivity contribution in [3.05, 3.63) is 40.6 Å². The lowest BCUT2D eigenvalue weighted by Crippen LogP contribution is -2.00. The van der Waals surface area contributed by atoms with Crippen LogP contribution < -0.4 is 4.74 Å². The van der Waals surface area contributed by atoms with E-state index in [0.29, 0.717) is 5.75 Å². The molecule has 0 radical (unpaired) electrons. The zero-order valence-electron chi connectivity index (χ0n) is 8.64. The summed E-state index contributed by atoms with van der Waals surface area (Å²) in [6, 6.07) is 7.08. The Labute approximate surface area is 96.9 Å². The minimum Gasteiger partial charge on any atom is -0.496 e. The van der Waals surface area contributed by atoms with E-state index in [4.69, 9.17) is 9.84 Å². The number of carboxylic acid groups (broad SMARTS) is 1. The molecule has 82 valence electrons. The van der Waals surface area contributed by atoms with Gasteiger partial charge in [0.1, 0.15) is 11.3 Å². The Bertz CT molecular complexity index is 503. The van der Waals surface area contributed by atoms with Crippen LogP contribution in [0.15, 0.2) is 35.0 Å². The zero-order valence-corrected chi connectivity index (χ0v) is 9.45. The van der Waals surface area contributed by atoms with Crippen LogP contribution in [-0.2, 0) is 0 Å². The number of benzene rings is 1. The van der Waals surface area contributed by atoms with Crippen molar-refractivity contribution < 1.29 is 14.6 Å². The fraction of sp³-hybridized carbons (Fsp3) is 0.0833. The summed E-state index contributed by atoms with van der Waals surface area (Å²) in [5, 5.41) is 12.9. The summed E-state index contributed by atoms with van der Waals surface area (Å²) in [5.41, 5.74) is 2.21. The van der Waals surface area contributed by atoms with E-state index in [-0.39, 0.29) is 5.56 Å². The minimum absolute atomic E-state index is 0.182. The van der Waals surface area contributed by atoms with Crippen molar-refractivity contribution in [2.24, 2.45) is 0 Å². The van der Waals surface area contributed by atoms with Gasteiger partial charge in [-0.05, 0) is 40.1 Å². The molecule has 0 aliphatic heterocycles. The Morgan fingerprint density at radius 1 is 1.31 bits per heavy atom. The van der Waals surface area contributed by atoms with Gasteiger partial charge in [0.2, 0.25) is 0 Å². The van der Waals surface area contributed by atoms with Gasteiger partial charge in [0.05, 0.1) is 7.11 Å². The topological polar surface area (TPSA) is 46.5 Å². The Morgan fingerprint density at radius 3 is 2.69 bits per heavy atom. The predicted octanol–water partition coefficient (Wildman–Crippen LogP) is 3.12. The Kier molecular flexibility index (Phi) is 2.92. The number of hydrogen-bond donors (Lipinski definition) is 1. The molecule has 16 heavy (non-hydrogen) atoms. The van der Waals surface area contributed by atoms with Crippen LogP contribution in [0.1, 0.15) is 10.4 Å². The van der Waals surface area contributed by atoms with Crippen LogP contribution in [0.4, 0.5) is 0 Å². The molecule has 1 N–H and O–H groups in total. The highest BCUT2D eigenvalue weighted by Gasteiger charge is 2.11. The minimum atomic E-state index is -0.978. The first-order valence-corrected chi connectivity index (χ1v) is 5.60. The highest BCUT2D eigenvalue weighted by molar-refractivity contribution is 7.08. The molecule has 1 heterocycles. The van der Waals surface area contributed by atoms with E-state index in [2.05, 4.69) is 0 Å². The van der Waals surface area contributed by atoms with Crippen molar-refractivity contribution in [2.75, 3.05) is 7.11 Å². The van der Waals surface area contributed by atoms with Gasteiger partial charge in [-0.1, -0.05) is 6.07 Å². The van der Waals surface area contributed by atoms with Crippen molar-refractivity contribution in [1.82, 2.24) is 0 Å². The van der Waals surface area contributed by atoms with E-state index in [1.807, 2.05) is 16.8 Å². The van der Waals surface area contributed by atoms with E-state index in [0.717, 1.165) is 11.1 Å². The molecule has 1 aromatic carbocycles. The van der Waals surface area contributed by atoms with Crippen LogP contribution in [0, 0.1) is 0 Å². The molecule has 0 atom stereocenters. The van der Waals surface area contributed by atoms with Crippen molar-refractivity contribution in [1.29, 1.82) is 0 Å². The van der Waals surface area contributed by atoms with Gasteiger partial charge in [0.25, 0.3) is 0 Å². The Morgan fingerprint density at radius 2 is 2.12 bits per heavy atom. The molecule has 1 aromatic heterocycles. The summed E-state index contributed by atoms with van der Waals surface area (Å²) in [6.45, 7) is 0. The number of carbonyl (C=O) groups is 1. The van der Waals surface area contributed by atoms with Gasteiger partial charge in [-0.15, -0.1) is 0 Å². The second-order valence-electron chi connectivity index (χ2n) is 3.23. The van der Waals surface area contributed by atoms with E-state index in [9.17, 15) is 4.79 Å². The molecule has 0 unspecified atom stereocenters.